The van der Waals surface area contributed by atoms with Gasteiger partial charge in [-0.25, -0.2) is 0 Å². The van der Waals surface area contributed by atoms with Crippen molar-refractivity contribution in [1.29, 1.82) is 0 Å². The molecule has 0 aliphatic carbocycles. The molecule has 0 bridgehead atoms. The summed E-state index contributed by atoms with van der Waals surface area (Å²) in [4.78, 5) is 0. The van der Waals surface area contributed by atoms with Gasteiger partial charge in [0, 0.05) is 6.42 Å². The summed E-state index contributed by atoms with van der Waals surface area (Å²) < 4.78 is 30.6. The lowest BCUT2D eigenvalue weighted by atomic mass is 10.2. The lowest BCUT2D eigenvalue weighted by molar-refractivity contribution is 0.394. The minimum absolute atomic E-state index is 0.180. The van der Waals surface area contributed by atoms with Crippen LogP contribution in [-0.2, 0) is 10.1 Å². The Morgan fingerprint density at radius 2 is 1.71 bits per heavy atom. The highest BCUT2D eigenvalue weighted by Crippen LogP contribution is 2.19. The number of rotatable bonds is 5. The Labute approximate surface area is 103 Å². The van der Waals surface area contributed by atoms with Crippen molar-refractivity contribution in [3.05, 3.63) is 29.8 Å². The number of nitrogens with zero attached hydrogens (tertiary/aromatic N) is 1. The van der Waals surface area contributed by atoms with Gasteiger partial charge in [-0.05, 0) is 19.1 Å². The Balaban J connectivity index is 2.65. The summed E-state index contributed by atoms with van der Waals surface area (Å²) in [6, 6.07) is 8.17. The zero-order chi connectivity index (χ0) is 13.1. The standard InChI is InChI=1S/C12H19NO3S/c1-11-5-7-12(8-6-11)13(2,3)9-4-10-17(14,15)16/h5-8H,4,9-10H2,1-3H3/p+1. The number of hydrogen-bond acceptors (Lipinski definition) is 2. The first kappa shape index (κ1) is 14.2. The molecular weight excluding hydrogens is 238 g/mol. The van der Waals surface area contributed by atoms with Crippen LogP contribution in [0.5, 0.6) is 0 Å². The third-order valence-electron chi connectivity index (χ3n) is 2.85. The van der Waals surface area contributed by atoms with Gasteiger partial charge < -0.3 is 0 Å². The van der Waals surface area contributed by atoms with Gasteiger partial charge in [0.2, 0.25) is 0 Å². The van der Waals surface area contributed by atoms with E-state index in [1.54, 1.807) is 0 Å². The summed E-state index contributed by atoms with van der Waals surface area (Å²) in [5.74, 6) is -0.180. The van der Waals surface area contributed by atoms with E-state index >= 15 is 0 Å². The quantitative estimate of drug-likeness (QED) is 0.647. The van der Waals surface area contributed by atoms with Gasteiger partial charge in [-0.2, -0.15) is 8.42 Å². The van der Waals surface area contributed by atoms with Crippen LogP contribution in [0, 0.1) is 6.92 Å². The zero-order valence-electron chi connectivity index (χ0n) is 10.5. The maximum atomic E-state index is 10.6. The summed E-state index contributed by atoms with van der Waals surface area (Å²) in [7, 11) is 0.200. The summed E-state index contributed by atoms with van der Waals surface area (Å²) in [5.41, 5.74) is 2.33. The van der Waals surface area contributed by atoms with Crippen molar-refractivity contribution in [3.8, 4) is 0 Å². The fourth-order valence-electron chi connectivity index (χ4n) is 1.72. The zero-order valence-corrected chi connectivity index (χ0v) is 11.4. The molecule has 0 aliphatic rings. The first-order valence-corrected chi connectivity index (χ1v) is 7.17. The average Bonchev–Trinajstić information content (AvgIpc) is 2.15. The molecule has 5 heteroatoms. The molecule has 0 saturated carbocycles. The molecule has 0 amide bonds. The van der Waals surface area contributed by atoms with Gasteiger partial charge in [0.25, 0.3) is 10.1 Å². The van der Waals surface area contributed by atoms with Crippen molar-refractivity contribution < 1.29 is 13.0 Å². The molecule has 0 fully saturated rings. The molecule has 1 aromatic rings. The first-order chi connectivity index (χ1) is 7.71. The van der Waals surface area contributed by atoms with Crippen LogP contribution in [0.4, 0.5) is 5.69 Å². The van der Waals surface area contributed by atoms with E-state index in [2.05, 4.69) is 0 Å². The van der Waals surface area contributed by atoms with Gasteiger partial charge in [0.1, 0.15) is 5.69 Å². The van der Waals surface area contributed by atoms with Crippen LogP contribution in [0.1, 0.15) is 12.0 Å². The molecule has 4 nitrogen and oxygen atoms in total. The number of quaternary nitrogens is 1. The van der Waals surface area contributed by atoms with Crippen LogP contribution < -0.4 is 4.48 Å². The van der Waals surface area contributed by atoms with E-state index in [9.17, 15) is 8.42 Å². The number of aryl methyl sites for hydroxylation is 1. The number of benzene rings is 1. The molecule has 1 N–H and O–H groups in total. The van der Waals surface area contributed by atoms with E-state index in [0.29, 0.717) is 17.4 Å². The third-order valence-corrected chi connectivity index (χ3v) is 3.66. The topological polar surface area (TPSA) is 54.4 Å². The van der Waals surface area contributed by atoms with Crippen LogP contribution in [0.15, 0.2) is 24.3 Å². The molecule has 96 valence electrons. The third kappa shape index (κ3) is 4.85. The molecule has 0 atom stereocenters. The normalized spacial score (nSPS) is 12.7. The summed E-state index contributed by atoms with van der Waals surface area (Å²) >= 11 is 0. The van der Waals surface area contributed by atoms with Crippen LogP contribution in [-0.4, -0.2) is 39.4 Å². The lowest BCUT2D eigenvalue weighted by Gasteiger charge is -2.29. The van der Waals surface area contributed by atoms with Crippen molar-refractivity contribution in [2.24, 2.45) is 0 Å². The van der Waals surface area contributed by atoms with E-state index in [4.69, 9.17) is 4.55 Å². The molecule has 0 unspecified atom stereocenters. The van der Waals surface area contributed by atoms with Gasteiger partial charge in [0.15, 0.2) is 0 Å². The molecule has 1 rings (SSSR count). The minimum Gasteiger partial charge on any atom is -0.296 e. The van der Waals surface area contributed by atoms with Crippen molar-refractivity contribution in [3.63, 3.8) is 0 Å². The maximum Gasteiger partial charge on any atom is 0.265 e. The summed E-state index contributed by atoms with van der Waals surface area (Å²) in [5, 5.41) is 0. The van der Waals surface area contributed by atoms with E-state index in [-0.39, 0.29) is 5.75 Å². The molecule has 1 aromatic carbocycles. The van der Waals surface area contributed by atoms with E-state index < -0.39 is 10.1 Å². The lowest BCUT2D eigenvalue weighted by Crippen LogP contribution is -2.41. The highest BCUT2D eigenvalue weighted by Gasteiger charge is 2.19. The van der Waals surface area contributed by atoms with Crippen LogP contribution in [0.3, 0.4) is 0 Å². The molecule has 0 radical (unpaired) electrons. The van der Waals surface area contributed by atoms with Crippen molar-refractivity contribution in [2.75, 3.05) is 26.4 Å². The molecule has 0 heterocycles. The minimum atomic E-state index is -3.85. The average molecular weight is 258 g/mol. The Morgan fingerprint density at radius 3 is 2.18 bits per heavy atom. The van der Waals surface area contributed by atoms with Gasteiger partial charge in [-0.15, -0.1) is 0 Å². The van der Waals surface area contributed by atoms with E-state index in [0.717, 1.165) is 5.69 Å². The van der Waals surface area contributed by atoms with Gasteiger partial charge in [-0.3, -0.25) is 9.04 Å². The van der Waals surface area contributed by atoms with Gasteiger partial charge >= 0.3 is 0 Å². The fraction of sp³-hybridized carbons (Fsp3) is 0.500. The predicted molar refractivity (Wildman–Crippen MR) is 70.7 cm³/mol. The van der Waals surface area contributed by atoms with E-state index in [1.807, 2.05) is 45.3 Å². The smallest absolute Gasteiger partial charge is 0.265 e. The molecule has 0 saturated heterocycles. The largest absolute Gasteiger partial charge is 0.296 e. The first-order valence-electron chi connectivity index (χ1n) is 5.56. The van der Waals surface area contributed by atoms with Crippen molar-refractivity contribution in [1.82, 2.24) is 4.48 Å². The SMILES string of the molecule is Cc1ccc([N+](C)(C)CCCS(=O)(=O)O)cc1. The Kier molecular flexibility index (Phi) is 4.30. The molecule has 0 aliphatic heterocycles. The van der Waals surface area contributed by atoms with Crippen LogP contribution in [0.25, 0.3) is 0 Å². The molecule has 0 aromatic heterocycles. The molecular formula is C12H20NO3S+. The second kappa shape index (κ2) is 5.16. The van der Waals surface area contributed by atoms with Crippen molar-refractivity contribution in [2.45, 2.75) is 13.3 Å². The highest BCUT2D eigenvalue weighted by atomic mass is 32.2. The second-order valence-electron chi connectivity index (χ2n) is 4.88. The Hall–Kier alpha value is -0.910. The highest BCUT2D eigenvalue weighted by molar-refractivity contribution is 7.85. The fourth-order valence-corrected chi connectivity index (χ4v) is 2.21. The summed E-state index contributed by atoms with van der Waals surface area (Å²) in [6.45, 7) is 2.70. The van der Waals surface area contributed by atoms with Gasteiger partial charge in [0.05, 0.1) is 26.4 Å². The van der Waals surface area contributed by atoms with E-state index in [1.165, 1.54) is 5.56 Å². The summed E-state index contributed by atoms with van der Waals surface area (Å²) in [6.07, 6.45) is 0.444. The molecule has 0 spiro atoms. The monoisotopic (exact) mass is 258 g/mol. The molecule has 17 heavy (non-hydrogen) atoms. The van der Waals surface area contributed by atoms with Crippen LogP contribution in [0.2, 0.25) is 0 Å². The predicted octanol–water partition coefficient (Wildman–Crippen LogP) is 1.84. The van der Waals surface area contributed by atoms with Gasteiger partial charge in [-0.1, -0.05) is 17.7 Å². The van der Waals surface area contributed by atoms with Crippen molar-refractivity contribution >= 4 is 15.8 Å². The van der Waals surface area contributed by atoms with Crippen LogP contribution >= 0.6 is 0 Å². The number of hydrogen-bond donors (Lipinski definition) is 1. The maximum absolute atomic E-state index is 10.6. The Bertz CT molecular complexity index is 463. The second-order valence-corrected chi connectivity index (χ2v) is 6.46. The Morgan fingerprint density at radius 1 is 1.18 bits per heavy atom.